The highest BCUT2D eigenvalue weighted by atomic mass is 16.5. The first kappa shape index (κ1) is 15.2. The maximum absolute atomic E-state index is 13.0. The summed E-state index contributed by atoms with van der Waals surface area (Å²) >= 11 is 0. The van der Waals surface area contributed by atoms with Crippen molar-refractivity contribution < 1.29 is 9.53 Å². The Morgan fingerprint density at radius 3 is 2.74 bits per heavy atom. The van der Waals surface area contributed by atoms with Gasteiger partial charge in [-0.1, -0.05) is 24.3 Å². The number of ketones is 1. The van der Waals surface area contributed by atoms with E-state index in [1.54, 1.807) is 25.6 Å². The highest BCUT2D eigenvalue weighted by molar-refractivity contribution is 6.17. The van der Waals surface area contributed by atoms with Gasteiger partial charge in [0.25, 0.3) is 0 Å². The monoisotopic (exact) mass is 306 g/mol. The molecule has 1 aromatic heterocycles. The van der Waals surface area contributed by atoms with Crippen LogP contribution >= 0.6 is 0 Å². The molecule has 23 heavy (non-hydrogen) atoms. The van der Waals surface area contributed by atoms with Crippen LogP contribution in [0, 0.1) is 0 Å². The number of nitrogens with two attached hydrogens (primary N) is 1. The minimum absolute atomic E-state index is 0.0742. The predicted octanol–water partition coefficient (Wildman–Crippen LogP) is 3.49. The van der Waals surface area contributed by atoms with Crippen LogP contribution in [0.5, 0.6) is 5.75 Å². The Kier molecular flexibility index (Phi) is 4.08. The van der Waals surface area contributed by atoms with E-state index in [1.807, 2.05) is 43.3 Å². The smallest absolute Gasteiger partial charge is 0.197 e. The summed E-state index contributed by atoms with van der Waals surface area (Å²) in [4.78, 5) is 17.1. The average molecular weight is 306 g/mol. The lowest BCUT2D eigenvalue weighted by molar-refractivity contribution is 0.103. The van der Waals surface area contributed by atoms with Crippen LogP contribution in [0.2, 0.25) is 0 Å². The zero-order chi connectivity index (χ0) is 16.4. The number of pyridine rings is 1. The largest absolute Gasteiger partial charge is 0.496 e. The maximum Gasteiger partial charge on any atom is 0.197 e. The second-order valence-corrected chi connectivity index (χ2v) is 5.48. The zero-order valence-electron chi connectivity index (χ0n) is 13.1. The molecule has 0 aliphatic rings. The van der Waals surface area contributed by atoms with Crippen molar-refractivity contribution in [3.63, 3.8) is 0 Å². The van der Waals surface area contributed by atoms with Crippen LogP contribution in [0.3, 0.4) is 0 Å². The number of rotatable bonds is 4. The second kappa shape index (κ2) is 6.18. The topological polar surface area (TPSA) is 65.2 Å². The first-order valence-corrected chi connectivity index (χ1v) is 7.42. The van der Waals surface area contributed by atoms with Gasteiger partial charge in [0.15, 0.2) is 5.78 Å². The molecular formula is C19H18N2O2. The molecule has 2 aromatic carbocycles. The molecule has 0 saturated heterocycles. The normalized spacial score (nSPS) is 12.1. The van der Waals surface area contributed by atoms with Gasteiger partial charge in [-0.25, -0.2) is 0 Å². The van der Waals surface area contributed by atoms with Gasteiger partial charge in [-0.3, -0.25) is 9.78 Å². The van der Waals surface area contributed by atoms with Crippen molar-refractivity contribution >= 4 is 16.6 Å². The van der Waals surface area contributed by atoms with E-state index in [0.717, 1.165) is 16.3 Å². The van der Waals surface area contributed by atoms with Crippen LogP contribution in [0.1, 0.15) is 34.5 Å². The number of nitrogens with zero attached hydrogens (tertiary/aromatic N) is 1. The van der Waals surface area contributed by atoms with E-state index in [2.05, 4.69) is 4.98 Å². The second-order valence-electron chi connectivity index (χ2n) is 5.48. The molecule has 0 radical (unpaired) electrons. The lowest BCUT2D eigenvalue weighted by atomic mass is 9.96. The number of aromatic nitrogens is 1. The summed E-state index contributed by atoms with van der Waals surface area (Å²) in [6.07, 6.45) is 3.44. The summed E-state index contributed by atoms with van der Waals surface area (Å²) in [6, 6.07) is 12.8. The highest BCUT2D eigenvalue weighted by Gasteiger charge is 2.17. The molecule has 0 bridgehead atoms. The number of benzene rings is 2. The van der Waals surface area contributed by atoms with E-state index in [-0.39, 0.29) is 11.8 Å². The molecule has 116 valence electrons. The molecule has 0 saturated carbocycles. The lowest BCUT2D eigenvalue weighted by Gasteiger charge is -2.13. The van der Waals surface area contributed by atoms with Gasteiger partial charge < -0.3 is 10.5 Å². The summed E-state index contributed by atoms with van der Waals surface area (Å²) in [5.41, 5.74) is 8.00. The van der Waals surface area contributed by atoms with E-state index in [1.165, 1.54) is 0 Å². The van der Waals surface area contributed by atoms with Gasteiger partial charge in [0.05, 0.1) is 12.7 Å². The van der Waals surface area contributed by atoms with E-state index in [9.17, 15) is 4.79 Å². The van der Waals surface area contributed by atoms with Gasteiger partial charge in [0.2, 0.25) is 0 Å². The SMILES string of the molecule is COc1cc([C@@H](C)N)ccc1C(=O)c1cccc2cnccc12. The molecular weight excluding hydrogens is 288 g/mol. The van der Waals surface area contributed by atoms with Crippen LogP contribution in [-0.4, -0.2) is 17.9 Å². The first-order chi connectivity index (χ1) is 11.1. The summed E-state index contributed by atoms with van der Waals surface area (Å²) in [5, 5.41) is 1.82. The standard InChI is InChI=1S/C19H18N2O2/c1-12(20)13-6-7-17(18(10-13)23-2)19(22)16-5-3-4-14-11-21-9-8-15(14)16/h3-12H,20H2,1-2H3/t12-/m1/s1. The Balaban J connectivity index is 2.13. The molecule has 0 amide bonds. The molecule has 4 heteroatoms. The fraction of sp³-hybridized carbons (Fsp3) is 0.158. The molecule has 3 aromatic rings. The fourth-order valence-electron chi connectivity index (χ4n) is 2.64. The van der Waals surface area contributed by atoms with E-state index < -0.39 is 0 Å². The molecule has 0 fully saturated rings. The fourth-order valence-corrected chi connectivity index (χ4v) is 2.64. The number of hydrogen-bond donors (Lipinski definition) is 1. The van der Waals surface area contributed by atoms with Gasteiger partial charge in [-0.15, -0.1) is 0 Å². The molecule has 4 nitrogen and oxygen atoms in total. The average Bonchev–Trinajstić information content (AvgIpc) is 2.60. The van der Waals surface area contributed by atoms with Crippen LogP contribution in [0.15, 0.2) is 54.9 Å². The van der Waals surface area contributed by atoms with Crippen molar-refractivity contribution in [1.29, 1.82) is 0 Å². The Morgan fingerprint density at radius 1 is 1.17 bits per heavy atom. The van der Waals surface area contributed by atoms with Crippen molar-refractivity contribution in [2.75, 3.05) is 7.11 Å². The van der Waals surface area contributed by atoms with Gasteiger partial charge in [0.1, 0.15) is 5.75 Å². The Bertz CT molecular complexity index is 867. The van der Waals surface area contributed by atoms with Gasteiger partial charge in [-0.2, -0.15) is 0 Å². The summed E-state index contributed by atoms with van der Waals surface area (Å²) in [6.45, 7) is 1.90. The minimum atomic E-state index is -0.114. The van der Waals surface area contributed by atoms with Crippen molar-refractivity contribution in [3.05, 3.63) is 71.5 Å². The van der Waals surface area contributed by atoms with Gasteiger partial charge >= 0.3 is 0 Å². The maximum atomic E-state index is 13.0. The number of fused-ring (bicyclic) bond motifs is 1. The number of ether oxygens (including phenoxy) is 1. The van der Waals surface area contributed by atoms with Gasteiger partial charge in [-0.05, 0) is 36.1 Å². The molecule has 0 spiro atoms. The van der Waals surface area contributed by atoms with Gasteiger partial charge in [0, 0.05) is 29.4 Å². The first-order valence-electron chi connectivity index (χ1n) is 7.42. The van der Waals surface area contributed by atoms with Crippen LogP contribution < -0.4 is 10.5 Å². The third-order valence-electron chi connectivity index (χ3n) is 3.92. The van der Waals surface area contributed by atoms with E-state index in [0.29, 0.717) is 16.9 Å². The van der Waals surface area contributed by atoms with Crippen LogP contribution in [-0.2, 0) is 0 Å². The molecule has 1 heterocycles. The minimum Gasteiger partial charge on any atom is -0.496 e. The molecule has 0 aliphatic heterocycles. The predicted molar refractivity (Wildman–Crippen MR) is 90.8 cm³/mol. The Morgan fingerprint density at radius 2 is 2.00 bits per heavy atom. The van der Waals surface area contributed by atoms with Crippen molar-refractivity contribution in [2.24, 2.45) is 5.73 Å². The Hall–Kier alpha value is -2.72. The van der Waals surface area contributed by atoms with Crippen molar-refractivity contribution in [2.45, 2.75) is 13.0 Å². The zero-order valence-corrected chi connectivity index (χ0v) is 13.1. The highest BCUT2D eigenvalue weighted by Crippen LogP contribution is 2.28. The Labute approximate surface area is 134 Å². The third-order valence-corrected chi connectivity index (χ3v) is 3.92. The molecule has 3 rings (SSSR count). The van der Waals surface area contributed by atoms with Crippen molar-refractivity contribution in [3.8, 4) is 5.75 Å². The summed E-state index contributed by atoms with van der Waals surface area (Å²) in [7, 11) is 1.56. The lowest BCUT2D eigenvalue weighted by Crippen LogP contribution is -2.08. The molecule has 0 unspecified atom stereocenters. The number of methoxy groups -OCH3 is 1. The third kappa shape index (κ3) is 2.81. The molecule has 1 atom stereocenters. The van der Waals surface area contributed by atoms with E-state index >= 15 is 0 Å². The summed E-state index contributed by atoms with van der Waals surface area (Å²) in [5.74, 6) is 0.464. The number of carbonyl (C=O) groups excluding carboxylic acids is 1. The van der Waals surface area contributed by atoms with Crippen LogP contribution in [0.4, 0.5) is 0 Å². The summed E-state index contributed by atoms with van der Waals surface area (Å²) < 4.78 is 5.40. The molecule has 0 aliphatic carbocycles. The van der Waals surface area contributed by atoms with E-state index in [4.69, 9.17) is 10.5 Å². The van der Waals surface area contributed by atoms with Crippen molar-refractivity contribution in [1.82, 2.24) is 4.98 Å². The molecule has 2 N–H and O–H groups in total. The number of hydrogen-bond acceptors (Lipinski definition) is 4. The van der Waals surface area contributed by atoms with Crippen LogP contribution in [0.25, 0.3) is 10.8 Å². The quantitative estimate of drug-likeness (QED) is 0.749. The number of carbonyl (C=O) groups is 1.